The Labute approximate surface area is 132 Å². The molecule has 0 bridgehead atoms. The third-order valence-corrected chi connectivity index (χ3v) is 4.80. The Morgan fingerprint density at radius 3 is 2.67 bits per heavy atom. The van der Waals surface area contributed by atoms with E-state index in [-0.39, 0.29) is 11.4 Å². The molecule has 1 unspecified atom stereocenters. The summed E-state index contributed by atoms with van der Waals surface area (Å²) < 4.78 is 5.39. The monoisotopic (exact) mass is 309 g/mol. The number of ether oxygens (including phenoxy) is 1. The van der Waals surface area contributed by atoms with Gasteiger partial charge in [0.15, 0.2) is 0 Å². The average Bonchev–Trinajstić information content (AvgIpc) is 2.41. The van der Waals surface area contributed by atoms with Crippen LogP contribution in [-0.2, 0) is 9.53 Å². The van der Waals surface area contributed by atoms with Gasteiger partial charge < -0.3 is 10.1 Å². The van der Waals surface area contributed by atoms with Gasteiger partial charge in [0.25, 0.3) is 0 Å². The topological polar surface area (TPSA) is 38.3 Å². The zero-order valence-electron chi connectivity index (χ0n) is 13.0. The highest BCUT2D eigenvalue weighted by molar-refractivity contribution is 6.30. The minimum atomic E-state index is -0.689. The van der Waals surface area contributed by atoms with Gasteiger partial charge in [-0.25, -0.2) is 4.79 Å². The minimum Gasteiger partial charge on any atom is -0.464 e. The molecule has 1 aliphatic rings. The Bertz CT molecular complexity index is 515. The lowest BCUT2D eigenvalue weighted by molar-refractivity contribution is -0.155. The summed E-state index contributed by atoms with van der Waals surface area (Å²) in [5, 5.41) is 4.11. The summed E-state index contributed by atoms with van der Waals surface area (Å²) in [7, 11) is 0. The van der Waals surface area contributed by atoms with Crippen molar-refractivity contribution in [3.05, 3.63) is 29.3 Å². The second-order valence-electron chi connectivity index (χ2n) is 6.35. The van der Waals surface area contributed by atoms with Crippen LogP contribution >= 0.6 is 11.6 Å². The van der Waals surface area contributed by atoms with Crippen LogP contribution in [0.15, 0.2) is 24.3 Å². The van der Waals surface area contributed by atoms with Gasteiger partial charge in [0.1, 0.15) is 5.54 Å². The average molecular weight is 310 g/mol. The van der Waals surface area contributed by atoms with E-state index in [0.717, 1.165) is 31.4 Å². The van der Waals surface area contributed by atoms with Gasteiger partial charge in [-0.15, -0.1) is 0 Å². The Morgan fingerprint density at radius 2 is 2.05 bits per heavy atom. The fourth-order valence-corrected chi connectivity index (χ4v) is 3.43. The van der Waals surface area contributed by atoms with Crippen LogP contribution in [0.4, 0.5) is 5.69 Å². The lowest BCUT2D eigenvalue weighted by Crippen LogP contribution is -2.59. The van der Waals surface area contributed by atoms with Crippen LogP contribution < -0.4 is 5.32 Å². The molecule has 0 heterocycles. The molecule has 2 rings (SSSR count). The number of hydrogen-bond donors (Lipinski definition) is 1. The van der Waals surface area contributed by atoms with E-state index in [0.29, 0.717) is 11.6 Å². The van der Waals surface area contributed by atoms with Crippen molar-refractivity contribution in [3.8, 4) is 0 Å². The van der Waals surface area contributed by atoms with E-state index in [1.807, 2.05) is 31.2 Å². The smallest absolute Gasteiger partial charge is 0.332 e. The first-order chi connectivity index (χ1) is 9.91. The number of esters is 1. The molecular weight excluding hydrogens is 286 g/mol. The maximum absolute atomic E-state index is 12.7. The highest BCUT2D eigenvalue weighted by Gasteiger charge is 2.53. The molecule has 4 heteroatoms. The van der Waals surface area contributed by atoms with Gasteiger partial charge in [0, 0.05) is 10.7 Å². The molecule has 0 aliphatic heterocycles. The second kappa shape index (κ2) is 6.27. The van der Waals surface area contributed by atoms with Crippen LogP contribution in [0.1, 0.15) is 46.5 Å². The van der Waals surface area contributed by atoms with E-state index in [1.165, 1.54) is 0 Å². The molecule has 1 fully saturated rings. The standard InChI is InChI=1S/C17H24ClNO2/c1-4-21-15(20)17(11-6-5-10-16(17,2)3)19-14-9-7-8-13(18)12-14/h7-9,12,19H,4-6,10-11H2,1-3H3. The van der Waals surface area contributed by atoms with Gasteiger partial charge in [-0.3, -0.25) is 0 Å². The number of nitrogens with one attached hydrogen (secondary N) is 1. The fourth-order valence-electron chi connectivity index (χ4n) is 3.24. The van der Waals surface area contributed by atoms with Gasteiger partial charge in [0.05, 0.1) is 6.61 Å². The van der Waals surface area contributed by atoms with Crippen molar-refractivity contribution in [3.63, 3.8) is 0 Å². The predicted molar refractivity (Wildman–Crippen MR) is 86.7 cm³/mol. The van der Waals surface area contributed by atoms with Gasteiger partial charge in [-0.05, 0) is 43.4 Å². The molecule has 21 heavy (non-hydrogen) atoms. The molecule has 1 N–H and O–H groups in total. The van der Waals surface area contributed by atoms with Gasteiger partial charge in [0.2, 0.25) is 0 Å². The molecule has 3 nitrogen and oxygen atoms in total. The summed E-state index contributed by atoms with van der Waals surface area (Å²) in [5.74, 6) is -0.158. The summed E-state index contributed by atoms with van der Waals surface area (Å²) in [6.07, 6.45) is 3.95. The van der Waals surface area contributed by atoms with Crippen LogP contribution in [0, 0.1) is 5.41 Å². The first kappa shape index (κ1) is 16.2. The van der Waals surface area contributed by atoms with Crippen LogP contribution in [0.3, 0.4) is 0 Å². The SMILES string of the molecule is CCOC(=O)C1(Nc2cccc(Cl)c2)CCCCC1(C)C. The molecule has 0 amide bonds. The van der Waals surface area contributed by atoms with Crippen LogP contribution in [0.2, 0.25) is 5.02 Å². The van der Waals surface area contributed by atoms with Crippen molar-refractivity contribution < 1.29 is 9.53 Å². The number of benzene rings is 1. The lowest BCUT2D eigenvalue weighted by Gasteiger charge is -2.48. The quantitative estimate of drug-likeness (QED) is 0.822. The van der Waals surface area contributed by atoms with Gasteiger partial charge in [-0.2, -0.15) is 0 Å². The van der Waals surface area contributed by atoms with Gasteiger partial charge in [-0.1, -0.05) is 44.4 Å². The number of rotatable bonds is 4. The first-order valence-electron chi connectivity index (χ1n) is 7.62. The van der Waals surface area contributed by atoms with Crippen molar-refractivity contribution in [2.45, 2.75) is 52.0 Å². The Balaban J connectivity index is 2.38. The first-order valence-corrected chi connectivity index (χ1v) is 8.00. The van der Waals surface area contributed by atoms with Crippen molar-refractivity contribution in [1.82, 2.24) is 0 Å². The number of carbonyl (C=O) groups is 1. The maximum Gasteiger partial charge on any atom is 0.332 e. The summed E-state index contributed by atoms with van der Waals surface area (Å²) in [4.78, 5) is 12.7. The lowest BCUT2D eigenvalue weighted by atomic mass is 9.63. The highest BCUT2D eigenvalue weighted by Crippen LogP contribution is 2.46. The molecule has 0 aromatic heterocycles. The molecule has 0 radical (unpaired) electrons. The molecule has 1 aromatic rings. The summed E-state index contributed by atoms with van der Waals surface area (Å²) in [6.45, 7) is 6.52. The number of halogens is 1. The molecule has 1 aliphatic carbocycles. The maximum atomic E-state index is 12.7. The van der Waals surface area contributed by atoms with Crippen molar-refractivity contribution >= 4 is 23.3 Å². The van der Waals surface area contributed by atoms with E-state index < -0.39 is 5.54 Å². The summed E-state index contributed by atoms with van der Waals surface area (Å²) >= 11 is 6.06. The van der Waals surface area contributed by atoms with Crippen LogP contribution in [0.5, 0.6) is 0 Å². The molecule has 0 saturated heterocycles. The Hall–Kier alpha value is -1.22. The Kier molecular flexibility index (Phi) is 4.82. The van der Waals surface area contributed by atoms with Crippen molar-refractivity contribution in [1.29, 1.82) is 0 Å². The summed E-state index contributed by atoms with van der Waals surface area (Å²) in [5.41, 5.74) is 0.0108. The van der Waals surface area contributed by atoms with E-state index in [4.69, 9.17) is 16.3 Å². The molecular formula is C17H24ClNO2. The zero-order chi connectivity index (χ0) is 15.5. The third kappa shape index (κ3) is 3.18. The van der Waals surface area contributed by atoms with E-state index >= 15 is 0 Å². The Morgan fingerprint density at radius 1 is 1.33 bits per heavy atom. The highest BCUT2D eigenvalue weighted by atomic mass is 35.5. The number of hydrogen-bond acceptors (Lipinski definition) is 3. The van der Waals surface area contributed by atoms with E-state index in [9.17, 15) is 4.79 Å². The second-order valence-corrected chi connectivity index (χ2v) is 6.79. The largest absolute Gasteiger partial charge is 0.464 e. The molecule has 1 atom stereocenters. The number of carbonyl (C=O) groups excluding carboxylic acids is 1. The number of anilines is 1. The third-order valence-electron chi connectivity index (χ3n) is 4.57. The minimum absolute atomic E-state index is 0.158. The predicted octanol–water partition coefficient (Wildman–Crippen LogP) is 4.65. The van der Waals surface area contributed by atoms with Crippen molar-refractivity contribution in [2.75, 3.05) is 11.9 Å². The molecule has 1 aromatic carbocycles. The molecule has 1 saturated carbocycles. The van der Waals surface area contributed by atoms with Gasteiger partial charge >= 0.3 is 5.97 Å². The molecule has 0 spiro atoms. The molecule has 116 valence electrons. The van der Waals surface area contributed by atoms with Crippen LogP contribution in [0.25, 0.3) is 0 Å². The van der Waals surface area contributed by atoms with E-state index in [1.54, 1.807) is 0 Å². The van der Waals surface area contributed by atoms with Crippen LogP contribution in [-0.4, -0.2) is 18.1 Å². The fraction of sp³-hybridized carbons (Fsp3) is 0.588. The van der Waals surface area contributed by atoms with E-state index in [2.05, 4.69) is 19.2 Å². The zero-order valence-corrected chi connectivity index (χ0v) is 13.8. The normalized spacial score (nSPS) is 24.4. The van der Waals surface area contributed by atoms with Crippen molar-refractivity contribution in [2.24, 2.45) is 5.41 Å². The summed E-state index contributed by atoms with van der Waals surface area (Å²) in [6, 6.07) is 7.51.